The second kappa shape index (κ2) is 5.59. The summed E-state index contributed by atoms with van der Waals surface area (Å²) in [6.07, 6.45) is 2.20. The maximum atomic E-state index is 4.92. The molecule has 0 unspecified atom stereocenters. The van der Waals surface area contributed by atoms with E-state index in [1.54, 1.807) is 0 Å². The van der Waals surface area contributed by atoms with Crippen molar-refractivity contribution in [1.82, 2.24) is 15.5 Å². The molecular formula is C13H17N3O. The fourth-order valence-electron chi connectivity index (χ4n) is 1.77. The summed E-state index contributed by atoms with van der Waals surface area (Å²) in [5, 5.41) is 6.94. The van der Waals surface area contributed by atoms with E-state index in [1.807, 2.05) is 0 Å². The molecule has 2 aromatic rings. The van der Waals surface area contributed by atoms with Crippen LogP contribution in [-0.4, -0.2) is 16.7 Å². The normalized spacial score (nSPS) is 10.7. The highest BCUT2D eigenvalue weighted by molar-refractivity contribution is 5.30. The SMILES string of the molecule is Cc1ccc(CNCCc2ncno2)c(C)c1. The average molecular weight is 231 g/mol. The van der Waals surface area contributed by atoms with Gasteiger partial charge in [-0.3, -0.25) is 0 Å². The summed E-state index contributed by atoms with van der Waals surface area (Å²) in [4.78, 5) is 3.97. The molecule has 0 aliphatic rings. The van der Waals surface area contributed by atoms with E-state index >= 15 is 0 Å². The Bertz CT molecular complexity index is 466. The van der Waals surface area contributed by atoms with Crippen molar-refractivity contribution < 1.29 is 4.52 Å². The lowest BCUT2D eigenvalue weighted by Crippen LogP contribution is -2.17. The second-order valence-corrected chi connectivity index (χ2v) is 4.19. The van der Waals surface area contributed by atoms with E-state index in [-0.39, 0.29) is 0 Å². The maximum Gasteiger partial charge on any atom is 0.227 e. The van der Waals surface area contributed by atoms with Gasteiger partial charge in [-0.25, -0.2) is 0 Å². The van der Waals surface area contributed by atoms with E-state index in [1.165, 1.54) is 23.0 Å². The van der Waals surface area contributed by atoms with Crippen molar-refractivity contribution >= 4 is 0 Å². The molecule has 4 nitrogen and oxygen atoms in total. The molecule has 0 atom stereocenters. The Labute approximate surface area is 101 Å². The van der Waals surface area contributed by atoms with E-state index < -0.39 is 0 Å². The van der Waals surface area contributed by atoms with Crippen LogP contribution in [0.15, 0.2) is 29.0 Å². The van der Waals surface area contributed by atoms with Gasteiger partial charge in [-0.15, -0.1) is 0 Å². The topological polar surface area (TPSA) is 51.0 Å². The zero-order valence-electron chi connectivity index (χ0n) is 10.2. The Morgan fingerprint density at radius 2 is 2.18 bits per heavy atom. The Morgan fingerprint density at radius 3 is 2.88 bits per heavy atom. The van der Waals surface area contributed by atoms with Crippen molar-refractivity contribution in [3.05, 3.63) is 47.1 Å². The van der Waals surface area contributed by atoms with Crippen LogP contribution in [0.3, 0.4) is 0 Å². The highest BCUT2D eigenvalue weighted by Crippen LogP contribution is 2.09. The zero-order chi connectivity index (χ0) is 12.1. The molecule has 0 amide bonds. The summed E-state index contributed by atoms with van der Waals surface area (Å²) in [7, 11) is 0. The Hall–Kier alpha value is -1.68. The number of hydrogen-bond acceptors (Lipinski definition) is 4. The van der Waals surface area contributed by atoms with Gasteiger partial charge in [0, 0.05) is 19.5 Å². The van der Waals surface area contributed by atoms with Gasteiger partial charge in [-0.1, -0.05) is 28.9 Å². The molecule has 90 valence electrons. The van der Waals surface area contributed by atoms with Gasteiger partial charge < -0.3 is 9.84 Å². The molecule has 0 radical (unpaired) electrons. The average Bonchev–Trinajstić information content (AvgIpc) is 2.79. The van der Waals surface area contributed by atoms with Crippen LogP contribution >= 0.6 is 0 Å². The van der Waals surface area contributed by atoms with Gasteiger partial charge in [-0.2, -0.15) is 4.98 Å². The lowest BCUT2D eigenvalue weighted by atomic mass is 10.1. The first-order valence-corrected chi connectivity index (χ1v) is 5.78. The van der Waals surface area contributed by atoms with Crippen molar-refractivity contribution in [2.75, 3.05) is 6.54 Å². The summed E-state index contributed by atoms with van der Waals surface area (Å²) in [5.74, 6) is 0.679. The predicted octanol–water partition coefficient (Wildman–Crippen LogP) is 2.02. The molecule has 4 heteroatoms. The standard InChI is InChI=1S/C13H17N3O/c1-10-3-4-12(11(2)7-10)8-14-6-5-13-15-9-16-17-13/h3-4,7,9,14H,5-6,8H2,1-2H3. The molecule has 17 heavy (non-hydrogen) atoms. The van der Waals surface area contributed by atoms with Crippen molar-refractivity contribution in [3.8, 4) is 0 Å². The van der Waals surface area contributed by atoms with Crippen LogP contribution in [0.5, 0.6) is 0 Å². The summed E-state index contributed by atoms with van der Waals surface area (Å²) >= 11 is 0. The number of nitrogens with zero attached hydrogens (tertiary/aromatic N) is 2. The van der Waals surface area contributed by atoms with Gasteiger partial charge in [0.25, 0.3) is 0 Å². The predicted molar refractivity (Wildman–Crippen MR) is 65.6 cm³/mol. The highest BCUT2D eigenvalue weighted by Gasteiger charge is 2.00. The molecule has 1 heterocycles. The van der Waals surface area contributed by atoms with E-state index in [0.717, 1.165) is 19.5 Å². The fourth-order valence-corrected chi connectivity index (χ4v) is 1.77. The van der Waals surface area contributed by atoms with E-state index in [4.69, 9.17) is 4.52 Å². The summed E-state index contributed by atoms with van der Waals surface area (Å²) in [6.45, 7) is 5.97. The first-order valence-electron chi connectivity index (χ1n) is 5.78. The van der Waals surface area contributed by atoms with Crippen LogP contribution in [0, 0.1) is 13.8 Å². The van der Waals surface area contributed by atoms with Crippen LogP contribution in [0.25, 0.3) is 0 Å². The van der Waals surface area contributed by atoms with Gasteiger partial charge in [0.15, 0.2) is 6.33 Å². The van der Waals surface area contributed by atoms with E-state index in [2.05, 4.69) is 47.5 Å². The van der Waals surface area contributed by atoms with Crippen LogP contribution in [0.2, 0.25) is 0 Å². The monoisotopic (exact) mass is 231 g/mol. The molecule has 1 aromatic carbocycles. The largest absolute Gasteiger partial charge is 0.340 e. The fraction of sp³-hybridized carbons (Fsp3) is 0.385. The van der Waals surface area contributed by atoms with E-state index in [9.17, 15) is 0 Å². The quantitative estimate of drug-likeness (QED) is 0.800. The number of nitrogens with one attached hydrogen (secondary N) is 1. The number of rotatable bonds is 5. The summed E-state index contributed by atoms with van der Waals surface area (Å²) < 4.78 is 4.92. The van der Waals surface area contributed by atoms with Crippen molar-refractivity contribution in [2.45, 2.75) is 26.8 Å². The van der Waals surface area contributed by atoms with Gasteiger partial charge in [0.2, 0.25) is 5.89 Å². The molecule has 0 saturated heterocycles. The zero-order valence-corrected chi connectivity index (χ0v) is 10.2. The van der Waals surface area contributed by atoms with Crippen molar-refractivity contribution in [3.63, 3.8) is 0 Å². The van der Waals surface area contributed by atoms with Gasteiger partial charge >= 0.3 is 0 Å². The first-order chi connectivity index (χ1) is 8.25. The molecule has 1 N–H and O–H groups in total. The van der Waals surface area contributed by atoms with Crippen LogP contribution < -0.4 is 5.32 Å². The minimum atomic E-state index is 0.679. The minimum Gasteiger partial charge on any atom is -0.340 e. The van der Waals surface area contributed by atoms with Crippen molar-refractivity contribution in [1.29, 1.82) is 0 Å². The van der Waals surface area contributed by atoms with Gasteiger partial charge in [0.1, 0.15) is 0 Å². The van der Waals surface area contributed by atoms with Crippen LogP contribution in [-0.2, 0) is 13.0 Å². The van der Waals surface area contributed by atoms with Crippen LogP contribution in [0.4, 0.5) is 0 Å². The first kappa shape index (κ1) is 11.8. The third-order valence-electron chi connectivity index (χ3n) is 2.74. The number of aromatic nitrogens is 2. The minimum absolute atomic E-state index is 0.679. The smallest absolute Gasteiger partial charge is 0.227 e. The third kappa shape index (κ3) is 3.39. The molecular weight excluding hydrogens is 214 g/mol. The number of benzene rings is 1. The molecule has 0 spiro atoms. The molecule has 2 rings (SSSR count). The van der Waals surface area contributed by atoms with E-state index in [0.29, 0.717) is 5.89 Å². The number of hydrogen-bond donors (Lipinski definition) is 1. The second-order valence-electron chi connectivity index (χ2n) is 4.19. The molecule has 0 bridgehead atoms. The lowest BCUT2D eigenvalue weighted by molar-refractivity contribution is 0.375. The third-order valence-corrected chi connectivity index (χ3v) is 2.74. The Morgan fingerprint density at radius 1 is 1.29 bits per heavy atom. The lowest BCUT2D eigenvalue weighted by Gasteiger charge is -2.07. The molecule has 1 aromatic heterocycles. The van der Waals surface area contributed by atoms with Crippen molar-refractivity contribution in [2.24, 2.45) is 0 Å². The molecule has 0 fully saturated rings. The molecule has 0 aliphatic heterocycles. The summed E-state index contributed by atoms with van der Waals surface area (Å²) in [5.41, 5.74) is 3.97. The maximum absolute atomic E-state index is 4.92. The number of aryl methyl sites for hydroxylation is 2. The van der Waals surface area contributed by atoms with Gasteiger partial charge in [0.05, 0.1) is 0 Å². The van der Waals surface area contributed by atoms with Crippen LogP contribution in [0.1, 0.15) is 22.6 Å². The molecule has 0 saturated carbocycles. The van der Waals surface area contributed by atoms with Gasteiger partial charge in [-0.05, 0) is 25.0 Å². The Balaban J connectivity index is 1.78. The highest BCUT2D eigenvalue weighted by atomic mass is 16.5. The summed E-state index contributed by atoms with van der Waals surface area (Å²) in [6, 6.07) is 6.52. The Kier molecular flexibility index (Phi) is 3.88. The molecule has 0 aliphatic carbocycles.